The Morgan fingerprint density at radius 1 is 1.24 bits per heavy atom. The van der Waals surface area contributed by atoms with Gasteiger partial charge in [-0.3, -0.25) is 4.68 Å². The van der Waals surface area contributed by atoms with Gasteiger partial charge >= 0.3 is 0 Å². The highest BCUT2D eigenvalue weighted by Crippen LogP contribution is 2.26. The molecule has 114 valence electrons. The van der Waals surface area contributed by atoms with Crippen molar-refractivity contribution in [3.63, 3.8) is 0 Å². The van der Waals surface area contributed by atoms with Crippen LogP contribution >= 0.6 is 0 Å². The minimum atomic E-state index is -0.166. The topological polar surface area (TPSA) is 29.9 Å². The van der Waals surface area contributed by atoms with Crippen LogP contribution in [0.5, 0.6) is 0 Å². The number of halogens is 1. The molecule has 4 heteroatoms. The molecule has 0 aliphatic rings. The second-order valence-corrected chi connectivity index (χ2v) is 6.04. The minimum Gasteiger partial charge on any atom is -0.310 e. The summed E-state index contributed by atoms with van der Waals surface area (Å²) >= 11 is 0. The number of hydrogen-bond acceptors (Lipinski definition) is 2. The number of rotatable bonds is 5. The van der Waals surface area contributed by atoms with Crippen LogP contribution in [0.3, 0.4) is 0 Å². The first kappa shape index (κ1) is 15.7. The molecule has 0 bridgehead atoms. The molecule has 0 aliphatic carbocycles. The van der Waals surface area contributed by atoms with Gasteiger partial charge in [-0.25, -0.2) is 4.39 Å². The molecule has 0 unspecified atom stereocenters. The Hall–Kier alpha value is -1.68. The van der Waals surface area contributed by atoms with Gasteiger partial charge in [0.1, 0.15) is 5.82 Å². The van der Waals surface area contributed by atoms with Gasteiger partial charge in [0.15, 0.2) is 0 Å². The van der Waals surface area contributed by atoms with E-state index in [0.29, 0.717) is 24.2 Å². The molecule has 21 heavy (non-hydrogen) atoms. The van der Waals surface area contributed by atoms with E-state index in [1.165, 1.54) is 0 Å². The summed E-state index contributed by atoms with van der Waals surface area (Å²) in [6, 6.07) is 5.93. The molecular formula is C17H24FN3. The molecule has 3 nitrogen and oxygen atoms in total. The van der Waals surface area contributed by atoms with E-state index in [1.54, 1.807) is 6.07 Å². The van der Waals surface area contributed by atoms with E-state index in [2.05, 4.69) is 38.1 Å². The van der Waals surface area contributed by atoms with Crippen molar-refractivity contribution in [2.45, 2.75) is 53.2 Å². The zero-order valence-corrected chi connectivity index (χ0v) is 13.4. The lowest BCUT2D eigenvalue weighted by Crippen LogP contribution is -2.22. The number of benzene rings is 1. The molecule has 1 aromatic heterocycles. The summed E-state index contributed by atoms with van der Waals surface area (Å²) in [6.07, 6.45) is 2.03. The van der Waals surface area contributed by atoms with E-state index in [-0.39, 0.29) is 5.82 Å². The molecule has 0 fully saturated rings. The predicted molar refractivity (Wildman–Crippen MR) is 84.7 cm³/mol. The average Bonchev–Trinajstić information content (AvgIpc) is 2.80. The molecule has 0 saturated heterocycles. The summed E-state index contributed by atoms with van der Waals surface area (Å²) < 4.78 is 15.9. The number of aryl methyl sites for hydroxylation is 1. The van der Waals surface area contributed by atoms with Crippen molar-refractivity contribution >= 4 is 0 Å². The molecular weight excluding hydrogens is 265 g/mol. The first-order chi connectivity index (χ1) is 9.88. The highest BCUT2D eigenvalue weighted by Gasteiger charge is 2.11. The third-order valence-electron chi connectivity index (χ3n) is 3.50. The fourth-order valence-corrected chi connectivity index (χ4v) is 2.22. The Morgan fingerprint density at radius 2 is 1.95 bits per heavy atom. The van der Waals surface area contributed by atoms with Crippen molar-refractivity contribution in [2.24, 2.45) is 0 Å². The Balaban J connectivity index is 2.34. The zero-order valence-electron chi connectivity index (χ0n) is 13.4. The lowest BCUT2D eigenvalue weighted by Gasteiger charge is -2.10. The van der Waals surface area contributed by atoms with Gasteiger partial charge in [-0.05, 0) is 38.5 Å². The standard InChI is InChI=1S/C17H24FN3/c1-11(2)19-9-15-8-14(6-7-17(15)18)16-10-21(12(3)4)20-13(16)5/h6-8,10-12,19H,9H2,1-5H3. The van der Waals surface area contributed by atoms with Gasteiger partial charge in [0, 0.05) is 36.0 Å². The van der Waals surface area contributed by atoms with Gasteiger partial charge in [-0.1, -0.05) is 19.9 Å². The summed E-state index contributed by atoms with van der Waals surface area (Å²) in [5.74, 6) is -0.166. The van der Waals surface area contributed by atoms with Crippen LogP contribution in [-0.4, -0.2) is 15.8 Å². The number of nitrogens with one attached hydrogen (secondary N) is 1. The molecule has 0 saturated carbocycles. The predicted octanol–water partition coefficient (Wildman–Crippen LogP) is 4.08. The molecule has 2 aromatic rings. The first-order valence-electron chi connectivity index (χ1n) is 7.46. The summed E-state index contributed by atoms with van der Waals surface area (Å²) in [4.78, 5) is 0. The van der Waals surface area contributed by atoms with E-state index in [9.17, 15) is 4.39 Å². The van der Waals surface area contributed by atoms with Gasteiger partial charge in [0.05, 0.1) is 5.69 Å². The van der Waals surface area contributed by atoms with Crippen molar-refractivity contribution in [3.05, 3.63) is 41.5 Å². The quantitative estimate of drug-likeness (QED) is 0.899. The molecule has 1 heterocycles. The maximum Gasteiger partial charge on any atom is 0.127 e. The van der Waals surface area contributed by atoms with E-state index in [4.69, 9.17) is 0 Å². The molecule has 2 rings (SSSR count). The molecule has 0 spiro atoms. The van der Waals surface area contributed by atoms with E-state index >= 15 is 0 Å². The number of hydrogen-bond donors (Lipinski definition) is 1. The van der Waals surface area contributed by atoms with Crippen molar-refractivity contribution in [3.8, 4) is 11.1 Å². The normalized spacial score (nSPS) is 11.6. The molecule has 1 N–H and O–H groups in total. The van der Waals surface area contributed by atoms with Gasteiger partial charge in [0.25, 0.3) is 0 Å². The van der Waals surface area contributed by atoms with Crippen LogP contribution < -0.4 is 5.32 Å². The molecule has 0 amide bonds. The monoisotopic (exact) mass is 289 g/mol. The molecule has 0 aliphatic heterocycles. The van der Waals surface area contributed by atoms with Crippen LogP contribution in [0.4, 0.5) is 4.39 Å². The van der Waals surface area contributed by atoms with E-state index in [1.807, 2.05) is 29.9 Å². The zero-order chi connectivity index (χ0) is 15.6. The molecule has 1 aromatic carbocycles. The molecule has 0 atom stereocenters. The summed E-state index contributed by atoms with van der Waals surface area (Å²) in [5.41, 5.74) is 3.74. The Bertz CT molecular complexity index is 614. The van der Waals surface area contributed by atoms with E-state index < -0.39 is 0 Å². The highest BCUT2D eigenvalue weighted by molar-refractivity contribution is 5.66. The maximum atomic E-state index is 13.9. The Labute approximate surface area is 126 Å². The van der Waals surface area contributed by atoms with Crippen LogP contribution in [0.25, 0.3) is 11.1 Å². The smallest absolute Gasteiger partial charge is 0.127 e. The van der Waals surface area contributed by atoms with Gasteiger partial charge in [0.2, 0.25) is 0 Å². The SMILES string of the molecule is Cc1nn(C(C)C)cc1-c1ccc(F)c(CNC(C)C)c1. The second kappa shape index (κ2) is 6.39. The van der Waals surface area contributed by atoms with Crippen molar-refractivity contribution < 1.29 is 4.39 Å². The largest absolute Gasteiger partial charge is 0.310 e. The second-order valence-electron chi connectivity index (χ2n) is 6.04. The van der Waals surface area contributed by atoms with Crippen molar-refractivity contribution in [1.29, 1.82) is 0 Å². The number of aromatic nitrogens is 2. The van der Waals surface area contributed by atoms with Crippen LogP contribution in [0.2, 0.25) is 0 Å². The Morgan fingerprint density at radius 3 is 2.52 bits per heavy atom. The van der Waals surface area contributed by atoms with E-state index in [0.717, 1.165) is 16.8 Å². The highest BCUT2D eigenvalue weighted by atomic mass is 19.1. The summed E-state index contributed by atoms with van der Waals surface area (Å²) in [7, 11) is 0. The summed E-state index contributed by atoms with van der Waals surface area (Å²) in [5, 5.41) is 7.78. The van der Waals surface area contributed by atoms with Crippen LogP contribution in [0.1, 0.15) is 45.0 Å². The average molecular weight is 289 g/mol. The van der Waals surface area contributed by atoms with Crippen LogP contribution in [-0.2, 0) is 6.54 Å². The number of nitrogens with zero attached hydrogens (tertiary/aromatic N) is 2. The summed E-state index contributed by atoms with van der Waals surface area (Å²) in [6.45, 7) is 10.8. The third kappa shape index (κ3) is 3.70. The minimum absolute atomic E-state index is 0.166. The maximum absolute atomic E-state index is 13.9. The van der Waals surface area contributed by atoms with Crippen LogP contribution in [0.15, 0.2) is 24.4 Å². The van der Waals surface area contributed by atoms with Gasteiger partial charge in [-0.2, -0.15) is 5.10 Å². The Kier molecular flexibility index (Phi) is 4.78. The van der Waals surface area contributed by atoms with Gasteiger partial charge in [-0.15, -0.1) is 0 Å². The molecule has 0 radical (unpaired) electrons. The first-order valence-corrected chi connectivity index (χ1v) is 7.46. The fraction of sp³-hybridized carbons (Fsp3) is 0.471. The third-order valence-corrected chi connectivity index (χ3v) is 3.50. The fourth-order valence-electron chi connectivity index (χ4n) is 2.22. The van der Waals surface area contributed by atoms with Crippen molar-refractivity contribution in [2.75, 3.05) is 0 Å². The van der Waals surface area contributed by atoms with Crippen LogP contribution in [0, 0.1) is 12.7 Å². The lowest BCUT2D eigenvalue weighted by molar-refractivity contribution is 0.529. The lowest BCUT2D eigenvalue weighted by atomic mass is 10.0. The van der Waals surface area contributed by atoms with Crippen molar-refractivity contribution in [1.82, 2.24) is 15.1 Å². The van der Waals surface area contributed by atoms with Gasteiger partial charge < -0.3 is 5.32 Å².